The fourth-order valence-corrected chi connectivity index (χ4v) is 2.75. The third-order valence-electron chi connectivity index (χ3n) is 3.57. The molecule has 1 aliphatic heterocycles. The number of halogens is 1. The van der Waals surface area contributed by atoms with Crippen molar-refractivity contribution in [3.8, 4) is 0 Å². The zero-order valence-corrected chi connectivity index (χ0v) is 12.2. The van der Waals surface area contributed by atoms with Crippen molar-refractivity contribution in [2.24, 2.45) is 0 Å². The number of rotatable bonds is 4. The summed E-state index contributed by atoms with van der Waals surface area (Å²) in [7, 11) is 0. The summed E-state index contributed by atoms with van der Waals surface area (Å²) < 4.78 is 5.36. The topological polar surface area (TPSA) is 65.7 Å². The Kier molecular flexibility index (Phi) is 3.61. The Morgan fingerprint density at radius 3 is 2.95 bits per heavy atom. The average Bonchev–Trinajstić information content (AvgIpc) is 3.06. The van der Waals surface area contributed by atoms with Gasteiger partial charge in [-0.05, 0) is 31.2 Å². The molecule has 0 fully saturated rings. The van der Waals surface area contributed by atoms with Gasteiger partial charge in [-0.15, -0.1) is 0 Å². The molecule has 21 heavy (non-hydrogen) atoms. The number of carbonyl (C=O) groups is 1. The van der Waals surface area contributed by atoms with E-state index in [4.69, 9.17) is 16.0 Å². The molecule has 0 saturated heterocycles. The van der Waals surface area contributed by atoms with Crippen LogP contribution in [0.25, 0.3) is 0 Å². The second-order valence-corrected chi connectivity index (χ2v) is 5.28. The fourth-order valence-electron chi connectivity index (χ4n) is 2.45. The number of aliphatic hydroxyl groups excluding tert-OH is 1. The van der Waals surface area contributed by atoms with E-state index < -0.39 is 12.0 Å². The van der Waals surface area contributed by atoms with Crippen molar-refractivity contribution in [2.45, 2.75) is 19.6 Å². The van der Waals surface area contributed by atoms with E-state index in [0.29, 0.717) is 22.8 Å². The van der Waals surface area contributed by atoms with Crippen molar-refractivity contribution < 1.29 is 14.3 Å². The number of amides is 1. The zero-order valence-electron chi connectivity index (χ0n) is 11.5. The second-order valence-electron chi connectivity index (χ2n) is 4.88. The van der Waals surface area contributed by atoms with Crippen LogP contribution in [-0.2, 0) is 11.3 Å². The molecule has 0 radical (unpaired) electrons. The van der Waals surface area contributed by atoms with Crippen LogP contribution in [0.5, 0.6) is 0 Å². The van der Waals surface area contributed by atoms with Gasteiger partial charge in [0.1, 0.15) is 5.76 Å². The molecule has 0 aliphatic carbocycles. The SMILES string of the molecule is CCN(Cc1ccco1)c1cc2c(cc1Cl)C(O)C(=O)N2. The minimum absolute atomic E-state index is 0.424. The van der Waals surface area contributed by atoms with Crippen LogP contribution in [0, 0.1) is 0 Å². The first kappa shape index (κ1) is 14.0. The third-order valence-corrected chi connectivity index (χ3v) is 3.87. The van der Waals surface area contributed by atoms with E-state index in [1.165, 1.54) is 0 Å². The second kappa shape index (κ2) is 5.42. The van der Waals surface area contributed by atoms with Gasteiger partial charge in [-0.25, -0.2) is 0 Å². The third kappa shape index (κ3) is 2.50. The quantitative estimate of drug-likeness (QED) is 0.911. The fraction of sp³-hybridized carbons (Fsp3) is 0.267. The number of aliphatic hydroxyl groups is 1. The summed E-state index contributed by atoms with van der Waals surface area (Å²) >= 11 is 6.31. The van der Waals surface area contributed by atoms with Crippen molar-refractivity contribution >= 4 is 28.9 Å². The van der Waals surface area contributed by atoms with Crippen molar-refractivity contribution in [2.75, 3.05) is 16.8 Å². The summed E-state index contributed by atoms with van der Waals surface area (Å²) in [5.74, 6) is 0.407. The molecule has 1 aromatic carbocycles. The molecule has 6 heteroatoms. The Bertz CT molecular complexity index is 670. The summed E-state index contributed by atoms with van der Waals surface area (Å²) in [6.45, 7) is 3.33. The van der Waals surface area contributed by atoms with Gasteiger partial charge in [-0.1, -0.05) is 11.6 Å². The molecule has 1 aromatic heterocycles. The van der Waals surface area contributed by atoms with Crippen LogP contribution in [0.2, 0.25) is 5.02 Å². The van der Waals surface area contributed by atoms with Crippen molar-refractivity contribution in [1.82, 2.24) is 0 Å². The minimum atomic E-state index is -1.15. The van der Waals surface area contributed by atoms with Gasteiger partial charge >= 0.3 is 0 Å². The summed E-state index contributed by atoms with van der Waals surface area (Å²) in [6, 6.07) is 7.16. The van der Waals surface area contributed by atoms with Gasteiger partial charge in [-0.3, -0.25) is 4.79 Å². The summed E-state index contributed by atoms with van der Waals surface area (Å²) in [5.41, 5.74) is 1.91. The molecule has 0 saturated carbocycles. The minimum Gasteiger partial charge on any atom is -0.467 e. The number of benzene rings is 1. The van der Waals surface area contributed by atoms with Gasteiger partial charge in [0.05, 0.1) is 23.5 Å². The molecule has 110 valence electrons. The van der Waals surface area contributed by atoms with E-state index in [1.807, 2.05) is 24.0 Å². The van der Waals surface area contributed by atoms with Crippen LogP contribution in [-0.4, -0.2) is 17.6 Å². The highest BCUT2D eigenvalue weighted by atomic mass is 35.5. The molecule has 0 spiro atoms. The van der Waals surface area contributed by atoms with Crippen molar-refractivity contribution in [3.63, 3.8) is 0 Å². The molecule has 1 amide bonds. The standard InChI is InChI=1S/C15H15ClN2O3/c1-2-18(8-9-4-3-5-21-9)13-7-12-10(6-11(13)16)14(19)15(20)17-12/h3-7,14,19H,2,8H2,1H3,(H,17,20). The van der Waals surface area contributed by atoms with Crippen LogP contribution in [0.3, 0.4) is 0 Å². The normalized spacial score (nSPS) is 16.7. The van der Waals surface area contributed by atoms with Gasteiger partial charge in [0.15, 0.2) is 6.10 Å². The number of hydrogen-bond donors (Lipinski definition) is 2. The van der Waals surface area contributed by atoms with Gasteiger partial charge in [0.2, 0.25) is 0 Å². The van der Waals surface area contributed by atoms with E-state index in [-0.39, 0.29) is 0 Å². The zero-order chi connectivity index (χ0) is 15.0. The first-order valence-corrected chi connectivity index (χ1v) is 7.07. The number of carbonyl (C=O) groups excluding carboxylic acids is 1. The van der Waals surface area contributed by atoms with Crippen LogP contribution in [0.1, 0.15) is 24.4 Å². The predicted molar refractivity (Wildman–Crippen MR) is 80.5 cm³/mol. The van der Waals surface area contributed by atoms with Crippen LogP contribution < -0.4 is 10.2 Å². The van der Waals surface area contributed by atoms with Crippen LogP contribution in [0.15, 0.2) is 34.9 Å². The molecular weight excluding hydrogens is 292 g/mol. The van der Waals surface area contributed by atoms with Gasteiger partial charge < -0.3 is 19.7 Å². The Labute approximate surface area is 127 Å². The first-order chi connectivity index (χ1) is 10.1. The molecule has 1 unspecified atom stereocenters. The smallest absolute Gasteiger partial charge is 0.257 e. The monoisotopic (exact) mass is 306 g/mol. The van der Waals surface area contributed by atoms with Gasteiger partial charge in [0, 0.05) is 17.8 Å². The molecule has 3 rings (SSSR count). The highest BCUT2D eigenvalue weighted by Crippen LogP contribution is 2.39. The van der Waals surface area contributed by atoms with E-state index in [2.05, 4.69) is 5.32 Å². The summed E-state index contributed by atoms with van der Waals surface area (Å²) in [6.07, 6.45) is 0.482. The lowest BCUT2D eigenvalue weighted by Crippen LogP contribution is -2.22. The molecule has 5 nitrogen and oxygen atoms in total. The molecule has 1 atom stereocenters. The Morgan fingerprint density at radius 1 is 1.48 bits per heavy atom. The van der Waals surface area contributed by atoms with Crippen molar-refractivity contribution in [3.05, 3.63) is 46.9 Å². The molecule has 2 heterocycles. The van der Waals surface area contributed by atoms with Crippen molar-refractivity contribution in [1.29, 1.82) is 0 Å². The maximum atomic E-state index is 11.5. The Hall–Kier alpha value is -1.98. The lowest BCUT2D eigenvalue weighted by Gasteiger charge is -2.24. The van der Waals surface area contributed by atoms with E-state index >= 15 is 0 Å². The lowest BCUT2D eigenvalue weighted by atomic mass is 10.1. The lowest BCUT2D eigenvalue weighted by molar-refractivity contribution is -0.123. The number of nitrogens with zero attached hydrogens (tertiary/aromatic N) is 1. The van der Waals surface area contributed by atoms with E-state index in [9.17, 15) is 9.90 Å². The number of nitrogens with one attached hydrogen (secondary N) is 1. The van der Waals surface area contributed by atoms with Gasteiger partial charge in [0.25, 0.3) is 5.91 Å². The van der Waals surface area contributed by atoms with Gasteiger partial charge in [-0.2, -0.15) is 0 Å². The maximum absolute atomic E-state index is 11.5. The number of hydrogen-bond acceptors (Lipinski definition) is 4. The number of furan rings is 1. The summed E-state index contributed by atoms with van der Waals surface area (Å²) in [4.78, 5) is 13.6. The molecule has 1 aliphatic rings. The highest BCUT2D eigenvalue weighted by molar-refractivity contribution is 6.33. The molecule has 2 aromatic rings. The molecule has 0 bridgehead atoms. The number of fused-ring (bicyclic) bond motifs is 1. The number of anilines is 2. The highest BCUT2D eigenvalue weighted by Gasteiger charge is 2.30. The molecule has 2 N–H and O–H groups in total. The molecular formula is C15H15ClN2O3. The first-order valence-electron chi connectivity index (χ1n) is 6.70. The Morgan fingerprint density at radius 2 is 2.29 bits per heavy atom. The largest absolute Gasteiger partial charge is 0.467 e. The van der Waals surface area contributed by atoms with Crippen LogP contribution in [0.4, 0.5) is 11.4 Å². The predicted octanol–water partition coefficient (Wildman–Crippen LogP) is 2.95. The van der Waals surface area contributed by atoms with E-state index in [1.54, 1.807) is 18.4 Å². The van der Waals surface area contributed by atoms with E-state index in [0.717, 1.165) is 18.0 Å². The summed E-state index contributed by atoms with van der Waals surface area (Å²) in [5, 5.41) is 12.9. The maximum Gasteiger partial charge on any atom is 0.257 e. The average molecular weight is 307 g/mol. The Balaban J connectivity index is 1.94. The van der Waals surface area contributed by atoms with Crippen LogP contribution >= 0.6 is 11.6 Å².